The molecule has 1 aliphatic rings. The molecule has 3 heteroatoms. The molecular formula is C11H18N2O. The fourth-order valence-corrected chi connectivity index (χ4v) is 2.28. The van der Waals surface area contributed by atoms with E-state index < -0.39 is 0 Å². The smallest absolute Gasteiger partial charge is 0.0781 e. The zero-order valence-corrected chi connectivity index (χ0v) is 8.69. The molecular weight excluding hydrogens is 176 g/mol. The minimum absolute atomic E-state index is 0.201. The molecule has 0 aliphatic heterocycles. The van der Waals surface area contributed by atoms with Crippen LogP contribution in [-0.4, -0.2) is 21.0 Å². The molecule has 1 N–H and O–H groups in total. The van der Waals surface area contributed by atoms with Crippen LogP contribution in [0.25, 0.3) is 0 Å². The maximum atomic E-state index is 9.98. The Hall–Kier alpha value is -0.830. The van der Waals surface area contributed by atoms with Crippen molar-refractivity contribution < 1.29 is 5.11 Å². The second-order valence-electron chi connectivity index (χ2n) is 4.19. The Labute approximate surface area is 84.7 Å². The predicted octanol–water partition coefficient (Wildman–Crippen LogP) is 2.06. The fourth-order valence-electron chi connectivity index (χ4n) is 2.28. The third-order valence-corrected chi connectivity index (χ3v) is 3.13. The fraction of sp³-hybridized carbons (Fsp3) is 0.727. The lowest BCUT2D eigenvalue weighted by Gasteiger charge is -2.22. The van der Waals surface area contributed by atoms with Gasteiger partial charge in [0, 0.05) is 11.9 Å². The minimum Gasteiger partial charge on any atom is -0.391 e. The van der Waals surface area contributed by atoms with Gasteiger partial charge in [0.25, 0.3) is 0 Å². The van der Waals surface area contributed by atoms with Crippen molar-refractivity contribution in [1.82, 2.24) is 9.78 Å². The Kier molecular flexibility index (Phi) is 2.87. The first-order valence-electron chi connectivity index (χ1n) is 5.47. The molecule has 2 unspecified atom stereocenters. The van der Waals surface area contributed by atoms with Crippen LogP contribution in [0.3, 0.4) is 0 Å². The van der Waals surface area contributed by atoms with Crippen molar-refractivity contribution in [2.45, 2.75) is 51.2 Å². The highest BCUT2D eigenvalue weighted by molar-refractivity contribution is 4.99. The van der Waals surface area contributed by atoms with Crippen molar-refractivity contribution in [2.24, 2.45) is 0 Å². The summed E-state index contributed by atoms with van der Waals surface area (Å²) in [6.07, 6.45) is 7.18. The second kappa shape index (κ2) is 4.13. The van der Waals surface area contributed by atoms with Crippen LogP contribution in [0.4, 0.5) is 0 Å². The predicted molar refractivity (Wildman–Crippen MR) is 55.1 cm³/mol. The van der Waals surface area contributed by atoms with Gasteiger partial charge in [0.2, 0.25) is 0 Å². The van der Waals surface area contributed by atoms with Gasteiger partial charge in [-0.15, -0.1) is 0 Å². The van der Waals surface area contributed by atoms with Crippen LogP contribution >= 0.6 is 0 Å². The van der Waals surface area contributed by atoms with Gasteiger partial charge in [-0.2, -0.15) is 5.10 Å². The van der Waals surface area contributed by atoms with Gasteiger partial charge < -0.3 is 5.11 Å². The molecule has 1 saturated carbocycles. The molecule has 1 fully saturated rings. The Morgan fingerprint density at radius 2 is 2.14 bits per heavy atom. The summed E-state index contributed by atoms with van der Waals surface area (Å²) in [6.45, 7) is 2.05. The summed E-state index contributed by atoms with van der Waals surface area (Å²) >= 11 is 0. The van der Waals surface area contributed by atoms with Gasteiger partial charge in [0.05, 0.1) is 12.1 Å². The molecule has 1 heterocycles. The average molecular weight is 194 g/mol. The van der Waals surface area contributed by atoms with Crippen molar-refractivity contribution in [3.8, 4) is 0 Å². The van der Waals surface area contributed by atoms with Gasteiger partial charge in [-0.3, -0.25) is 4.68 Å². The van der Waals surface area contributed by atoms with Gasteiger partial charge in [0.1, 0.15) is 0 Å². The van der Waals surface area contributed by atoms with Crippen molar-refractivity contribution >= 4 is 0 Å². The van der Waals surface area contributed by atoms with E-state index in [1.165, 1.54) is 12.8 Å². The molecule has 0 radical (unpaired) electrons. The molecule has 2 atom stereocenters. The van der Waals surface area contributed by atoms with Crippen LogP contribution in [-0.2, 0) is 0 Å². The van der Waals surface area contributed by atoms with Gasteiger partial charge in [-0.1, -0.05) is 19.3 Å². The summed E-state index contributed by atoms with van der Waals surface area (Å²) in [5.74, 6) is 0. The Morgan fingerprint density at radius 3 is 2.86 bits per heavy atom. The quantitative estimate of drug-likeness (QED) is 0.695. The van der Waals surface area contributed by atoms with Crippen LogP contribution in [0, 0.1) is 6.92 Å². The standard InChI is InChI=1S/C11H18N2O/c1-9-7-8-12-13(9)10-5-3-2-4-6-11(10)14/h7-8,10-11,14H,2-6H2,1H3. The highest BCUT2D eigenvalue weighted by Gasteiger charge is 2.24. The van der Waals surface area contributed by atoms with E-state index >= 15 is 0 Å². The maximum absolute atomic E-state index is 9.98. The average Bonchev–Trinajstić information content (AvgIpc) is 2.46. The number of rotatable bonds is 1. The molecule has 1 aromatic rings. The Morgan fingerprint density at radius 1 is 1.36 bits per heavy atom. The van der Waals surface area contributed by atoms with Crippen LogP contribution in [0.15, 0.2) is 12.3 Å². The number of aromatic nitrogens is 2. The van der Waals surface area contributed by atoms with Gasteiger partial charge in [-0.25, -0.2) is 0 Å². The first-order chi connectivity index (χ1) is 6.79. The monoisotopic (exact) mass is 194 g/mol. The molecule has 14 heavy (non-hydrogen) atoms. The number of aliphatic hydroxyl groups is 1. The number of aliphatic hydroxyl groups excluding tert-OH is 1. The summed E-state index contributed by atoms with van der Waals surface area (Å²) in [7, 11) is 0. The summed E-state index contributed by atoms with van der Waals surface area (Å²) in [5, 5.41) is 14.3. The van der Waals surface area contributed by atoms with E-state index in [0.29, 0.717) is 0 Å². The highest BCUT2D eigenvalue weighted by atomic mass is 16.3. The van der Waals surface area contributed by atoms with E-state index in [1.54, 1.807) is 0 Å². The lowest BCUT2D eigenvalue weighted by atomic mass is 10.1. The zero-order chi connectivity index (χ0) is 9.97. The zero-order valence-electron chi connectivity index (χ0n) is 8.69. The molecule has 0 spiro atoms. The largest absolute Gasteiger partial charge is 0.391 e. The third-order valence-electron chi connectivity index (χ3n) is 3.13. The first kappa shape index (κ1) is 9.71. The molecule has 3 nitrogen and oxygen atoms in total. The molecule has 78 valence electrons. The van der Waals surface area contributed by atoms with E-state index in [9.17, 15) is 5.11 Å². The lowest BCUT2D eigenvalue weighted by molar-refractivity contribution is 0.0979. The third kappa shape index (κ3) is 1.82. The Balaban J connectivity index is 2.19. The van der Waals surface area contributed by atoms with Gasteiger partial charge in [-0.05, 0) is 25.8 Å². The molecule has 1 aromatic heterocycles. The maximum Gasteiger partial charge on any atom is 0.0781 e. The van der Waals surface area contributed by atoms with Crippen molar-refractivity contribution in [3.63, 3.8) is 0 Å². The van der Waals surface area contributed by atoms with Crippen LogP contribution < -0.4 is 0 Å². The SMILES string of the molecule is Cc1ccnn1C1CCCCCC1O. The Bertz CT molecular complexity index is 295. The highest BCUT2D eigenvalue weighted by Crippen LogP contribution is 2.27. The second-order valence-corrected chi connectivity index (χ2v) is 4.19. The molecule has 0 amide bonds. The molecule has 1 aliphatic carbocycles. The van der Waals surface area contributed by atoms with Crippen LogP contribution in [0.5, 0.6) is 0 Å². The van der Waals surface area contributed by atoms with Gasteiger partial charge in [0.15, 0.2) is 0 Å². The van der Waals surface area contributed by atoms with Crippen molar-refractivity contribution in [3.05, 3.63) is 18.0 Å². The lowest BCUT2D eigenvalue weighted by Crippen LogP contribution is -2.24. The first-order valence-corrected chi connectivity index (χ1v) is 5.47. The topological polar surface area (TPSA) is 38.0 Å². The van der Waals surface area contributed by atoms with Crippen molar-refractivity contribution in [1.29, 1.82) is 0 Å². The summed E-state index contributed by atoms with van der Waals surface area (Å²) in [5.41, 5.74) is 1.15. The van der Waals surface area contributed by atoms with Crippen LogP contribution in [0.1, 0.15) is 43.8 Å². The molecule has 2 rings (SSSR count). The normalized spacial score (nSPS) is 28.7. The number of aryl methyl sites for hydroxylation is 1. The van der Waals surface area contributed by atoms with Crippen LogP contribution in [0.2, 0.25) is 0 Å². The summed E-state index contributed by atoms with van der Waals surface area (Å²) in [4.78, 5) is 0. The van der Waals surface area contributed by atoms with E-state index in [2.05, 4.69) is 5.10 Å². The summed E-state index contributed by atoms with van der Waals surface area (Å²) < 4.78 is 1.98. The minimum atomic E-state index is -0.212. The molecule has 0 saturated heterocycles. The molecule has 0 bridgehead atoms. The van der Waals surface area contributed by atoms with E-state index in [1.807, 2.05) is 23.9 Å². The molecule has 0 aromatic carbocycles. The number of nitrogens with zero attached hydrogens (tertiary/aromatic N) is 2. The number of hydrogen-bond acceptors (Lipinski definition) is 2. The van der Waals surface area contributed by atoms with E-state index in [-0.39, 0.29) is 12.1 Å². The number of hydrogen-bond donors (Lipinski definition) is 1. The summed E-state index contributed by atoms with van der Waals surface area (Å²) in [6, 6.07) is 2.20. The van der Waals surface area contributed by atoms with Gasteiger partial charge >= 0.3 is 0 Å². The van der Waals surface area contributed by atoms with Crippen molar-refractivity contribution in [2.75, 3.05) is 0 Å². The van der Waals surface area contributed by atoms with E-state index in [0.717, 1.165) is 25.0 Å². The van der Waals surface area contributed by atoms with E-state index in [4.69, 9.17) is 0 Å².